The van der Waals surface area contributed by atoms with Crippen molar-refractivity contribution in [3.8, 4) is 5.88 Å². The van der Waals surface area contributed by atoms with E-state index < -0.39 is 0 Å². The molecule has 2 aromatic carbocycles. The number of aromatic amines is 2. The second kappa shape index (κ2) is 8.70. The van der Waals surface area contributed by atoms with Crippen LogP contribution in [0.3, 0.4) is 0 Å². The Morgan fingerprint density at radius 2 is 2.00 bits per heavy atom. The molecule has 0 amide bonds. The SMILES string of the molecule is Cc1cc(N=Cc2c(O)[nH]c3ccc(Cc4cccc(CC(=O)C5=CCN=C5)c4)cc23)n[nH]1. The van der Waals surface area contributed by atoms with Crippen LogP contribution < -0.4 is 0 Å². The number of rotatable bonds is 7. The van der Waals surface area contributed by atoms with Gasteiger partial charge in [-0.05, 0) is 42.2 Å². The zero-order chi connectivity index (χ0) is 22.8. The van der Waals surface area contributed by atoms with E-state index in [1.165, 1.54) is 0 Å². The predicted molar refractivity (Wildman–Crippen MR) is 130 cm³/mol. The van der Waals surface area contributed by atoms with Gasteiger partial charge in [0.1, 0.15) is 0 Å². The van der Waals surface area contributed by atoms with Crippen LogP contribution in [0.25, 0.3) is 10.9 Å². The number of benzene rings is 2. The maximum absolute atomic E-state index is 12.4. The molecule has 7 nitrogen and oxygen atoms in total. The first kappa shape index (κ1) is 20.6. The fraction of sp³-hybridized carbons (Fsp3) is 0.154. The Bertz CT molecular complexity index is 1440. The van der Waals surface area contributed by atoms with Gasteiger partial charge < -0.3 is 10.1 Å². The maximum Gasteiger partial charge on any atom is 0.198 e. The van der Waals surface area contributed by atoms with Crippen molar-refractivity contribution in [1.29, 1.82) is 0 Å². The Morgan fingerprint density at radius 3 is 2.79 bits per heavy atom. The van der Waals surface area contributed by atoms with Gasteiger partial charge >= 0.3 is 0 Å². The van der Waals surface area contributed by atoms with Gasteiger partial charge in [-0.1, -0.05) is 36.4 Å². The molecule has 2 aromatic heterocycles. The van der Waals surface area contributed by atoms with Crippen LogP contribution in [-0.4, -0.2) is 45.0 Å². The molecule has 0 saturated heterocycles. The lowest BCUT2D eigenvalue weighted by Gasteiger charge is -2.06. The van der Waals surface area contributed by atoms with Gasteiger partial charge in [0.05, 0.1) is 12.1 Å². The van der Waals surface area contributed by atoms with Gasteiger partial charge in [0.25, 0.3) is 0 Å². The van der Waals surface area contributed by atoms with Gasteiger partial charge in [0.2, 0.25) is 0 Å². The number of carbonyl (C=O) groups is 1. The third kappa shape index (κ3) is 4.52. The van der Waals surface area contributed by atoms with E-state index in [2.05, 4.69) is 43.4 Å². The molecule has 0 bridgehead atoms. The number of aromatic hydroxyl groups is 1. The normalized spacial score (nSPS) is 13.3. The molecule has 0 saturated carbocycles. The van der Waals surface area contributed by atoms with Crippen molar-refractivity contribution in [2.45, 2.75) is 19.8 Å². The van der Waals surface area contributed by atoms with Crippen LogP contribution in [-0.2, 0) is 17.6 Å². The summed E-state index contributed by atoms with van der Waals surface area (Å²) in [6.07, 6.45) is 6.22. The fourth-order valence-corrected chi connectivity index (χ4v) is 4.00. The van der Waals surface area contributed by atoms with Crippen molar-refractivity contribution in [2.75, 3.05) is 6.54 Å². The van der Waals surface area contributed by atoms with Crippen molar-refractivity contribution in [1.82, 2.24) is 15.2 Å². The maximum atomic E-state index is 12.4. The van der Waals surface area contributed by atoms with Crippen LogP contribution in [0, 0.1) is 6.92 Å². The van der Waals surface area contributed by atoms with E-state index in [1.807, 2.05) is 43.3 Å². The minimum absolute atomic E-state index is 0.0726. The fourth-order valence-electron chi connectivity index (χ4n) is 4.00. The van der Waals surface area contributed by atoms with Crippen molar-refractivity contribution in [3.63, 3.8) is 0 Å². The molecule has 7 heteroatoms. The molecule has 0 unspecified atom stereocenters. The summed E-state index contributed by atoms with van der Waals surface area (Å²) >= 11 is 0. The zero-order valence-electron chi connectivity index (χ0n) is 18.2. The van der Waals surface area contributed by atoms with Crippen molar-refractivity contribution >= 4 is 34.9 Å². The Hall–Kier alpha value is -4.26. The number of H-pyrrole nitrogens is 2. The van der Waals surface area contributed by atoms with Crippen LogP contribution in [0.1, 0.15) is 27.9 Å². The molecule has 1 aliphatic heterocycles. The first-order chi connectivity index (χ1) is 16.0. The number of aromatic nitrogens is 3. The highest BCUT2D eigenvalue weighted by Gasteiger charge is 2.13. The Balaban J connectivity index is 1.37. The summed E-state index contributed by atoms with van der Waals surface area (Å²) in [4.78, 5) is 23.9. The van der Waals surface area contributed by atoms with Gasteiger partial charge in [0, 0.05) is 47.1 Å². The van der Waals surface area contributed by atoms with Crippen LogP contribution in [0.5, 0.6) is 5.88 Å². The molecule has 0 radical (unpaired) electrons. The van der Waals surface area contributed by atoms with Crippen molar-refractivity contribution < 1.29 is 9.90 Å². The Morgan fingerprint density at radius 1 is 1.15 bits per heavy atom. The zero-order valence-corrected chi connectivity index (χ0v) is 18.2. The number of hydrogen-bond donors (Lipinski definition) is 3. The molecular weight excluding hydrogens is 414 g/mol. The van der Waals surface area contributed by atoms with Crippen LogP contribution in [0.2, 0.25) is 0 Å². The highest BCUT2D eigenvalue weighted by molar-refractivity contribution is 6.14. The lowest BCUT2D eigenvalue weighted by molar-refractivity contribution is -0.114. The number of hydrogen-bond acceptors (Lipinski definition) is 5. The predicted octanol–water partition coefficient (Wildman–Crippen LogP) is 4.37. The van der Waals surface area contributed by atoms with E-state index >= 15 is 0 Å². The van der Waals surface area contributed by atoms with Gasteiger partial charge in [-0.15, -0.1) is 0 Å². The van der Waals surface area contributed by atoms with E-state index in [4.69, 9.17) is 0 Å². The molecule has 164 valence electrons. The van der Waals surface area contributed by atoms with Crippen LogP contribution >= 0.6 is 0 Å². The van der Waals surface area contributed by atoms with Crippen LogP contribution in [0.4, 0.5) is 5.82 Å². The minimum atomic E-state index is 0.0726. The summed E-state index contributed by atoms with van der Waals surface area (Å²) in [5.74, 6) is 0.723. The van der Waals surface area contributed by atoms with E-state index in [0.717, 1.165) is 33.3 Å². The van der Waals surface area contributed by atoms with Crippen molar-refractivity contribution in [3.05, 3.63) is 88.1 Å². The van der Waals surface area contributed by atoms with Gasteiger partial charge in [-0.25, -0.2) is 4.99 Å². The number of allylic oxidation sites excluding steroid dienone is 1. The number of carbonyl (C=O) groups excluding carboxylic acids is 1. The Labute approximate surface area is 190 Å². The Kier molecular flexibility index (Phi) is 5.44. The summed E-state index contributed by atoms with van der Waals surface area (Å²) in [5.41, 5.74) is 6.28. The average molecular weight is 438 g/mol. The van der Waals surface area contributed by atoms with Crippen LogP contribution in [0.15, 0.2) is 70.2 Å². The summed E-state index contributed by atoms with van der Waals surface area (Å²) in [6, 6.07) is 16.0. The first-order valence-electron chi connectivity index (χ1n) is 10.8. The largest absolute Gasteiger partial charge is 0.494 e. The topological polar surface area (TPSA) is 106 Å². The lowest BCUT2D eigenvalue weighted by atomic mass is 9.98. The molecule has 1 aliphatic rings. The lowest BCUT2D eigenvalue weighted by Crippen LogP contribution is -2.06. The van der Waals surface area contributed by atoms with E-state index in [0.29, 0.717) is 36.3 Å². The number of aryl methyl sites for hydroxylation is 1. The summed E-state index contributed by atoms with van der Waals surface area (Å²) in [6.45, 7) is 2.50. The molecule has 3 heterocycles. The third-order valence-electron chi connectivity index (χ3n) is 5.63. The second-order valence-electron chi connectivity index (χ2n) is 8.18. The van der Waals surface area contributed by atoms with E-state index in [9.17, 15) is 9.90 Å². The summed E-state index contributed by atoms with van der Waals surface area (Å²) < 4.78 is 0. The third-order valence-corrected chi connectivity index (χ3v) is 5.63. The molecule has 0 atom stereocenters. The average Bonchev–Trinajstić information content (AvgIpc) is 3.53. The smallest absolute Gasteiger partial charge is 0.198 e. The standard InChI is InChI=1S/C26H23N5O2/c1-16-9-25(31-30-16)28-15-22-21-12-19(5-6-23(21)29-26(22)33)11-17-3-2-4-18(10-17)13-24(32)20-7-8-27-14-20/h2-7,9-10,12,14-15,29,33H,8,11,13H2,1H3,(H,30,31). The molecule has 4 aromatic rings. The summed E-state index contributed by atoms with van der Waals surface area (Å²) in [7, 11) is 0. The number of fused-ring (bicyclic) bond motifs is 1. The van der Waals surface area contributed by atoms with E-state index in [1.54, 1.807) is 12.4 Å². The number of ketones is 1. The highest BCUT2D eigenvalue weighted by Crippen LogP contribution is 2.28. The molecule has 33 heavy (non-hydrogen) atoms. The number of nitrogens with zero attached hydrogens (tertiary/aromatic N) is 3. The molecule has 0 fully saturated rings. The molecule has 5 rings (SSSR count). The highest BCUT2D eigenvalue weighted by atomic mass is 16.3. The number of Topliss-reactive ketones (excluding diaryl/α,β-unsaturated/α-hetero) is 1. The molecule has 0 aliphatic carbocycles. The second-order valence-corrected chi connectivity index (χ2v) is 8.18. The monoisotopic (exact) mass is 437 g/mol. The quantitative estimate of drug-likeness (QED) is 0.374. The molecular formula is C26H23N5O2. The minimum Gasteiger partial charge on any atom is -0.494 e. The van der Waals surface area contributed by atoms with Gasteiger partial charge in [0.15, 0.2) is 17.5 Å². The van der Waals surface area contributed by atoms with Crippen molar-refractivity contribution in [2.24, 2.45) is 9.98 Å². The number of nitrogens with one attached hydrogen (secondary N) is 2. The first-order valence-corrected chi connectivity index (χ1v) is 10.8. The molecule has 3 N–H and O–H groups in total. The molecule has 0 spiro atoms. The summed E-state index contributed by atoms with van der Waals surface area (Å²) in [5, 5.41) is 18.2. The van der Waals surface area contributed by atoms with Gasteiger partial charge in [-0.2, -0.15) is 5.10 Å². The van der Waals surface area contributed by atoms with Gasteiger partial charge in [-0.3, -0.25) is 14.9 Å². The number of aliphatic imine (C=N–C) groups is 2. The van der Waals surface area contributed by atoms with E-state index in [-0.39, 0.29) is 11.7 Å².